The highest BCUT2D eigenvalue weighted by atomic mass is 16.3. The van der Waals surface area contributed by atoms with Gasteiger partial charge in [-0.05, 0) is 23.6 Å². The van der Waals surface area contributed by atoms with Crippen molar-refractivity contribution in [3.8, 4) is 5.75 Å². The molecule has 2 heteroatoms. The molecule has 0 saturated carbocycles. The molecule has 1 heterocycles. The third kappa shape index (κ3) is 1.12. The number of rotatable bonds is 0. The molecule has 86 valence electrons. The van der Waals surface area contributed by atoms with Gasteiger partial charge >= 0.3 is 0 Å². The molecule has 3 aromatic carbocycles. The van der Waals surface area contributed by atoms with Crippen LogP contribution in [0.25, 0.3) is 32.7 Å². The van der Waals surface area contributed by atoms with Crippen LogP contribution in [0.2, 0.25) is 0 Å². The second kappa shape index (κ2) is 3.26. The maximum absolute atomic E-state index is 10.0. The fraction of sp³-hybridized carbons (Fsp3) is 0. The molecule has 1 N–H and O–H groups in total. The van der Waals surface area contributed by atoms with E-state index in [1.165, 1.54) is 0 Å². The molecule has 4 rings (SSSR count). The first-order chi connectivity index (χ1) is 8.84. The number of benzene rings is 3. The number of phenols is 1. The Bertz CT molecular complexity index is 887. The second-order valence-electron chi connectivity index (χ2n) is 4.42. The standard InChI is InChI=1S/C16H10O2/c17-13-6-3-4-10-8-9-12-11-5-1-2-7-14(11)18-16(12)15(10)13/h1-9,17H. The molecule has 0 aliphatic carbocycles. The molecule has 0 unspecified atom stereocenters. The van der Waals surface area contributed by atoms with Crippen LogP contribution in [0.1, 0.15) is 0 Å². The Balaban J connectivity index is 2.35. The summed E-state index contributed by atoms with van der Waals surface area (Å²) in [5.41, 5.74) is 1.61. The normalized spacial score (nSPS) is 11.6. The molecule has 0 amide bonds. The van der Waals surface area contributed by atoms with Crippen LogP contribution in [0.15, 0.2) is 59.0 Å². The van der Waals surface area contributed by atoms with E-state index in [1.54, 1.807) is 6.07 Å². The highest BCUT2D eigenvalue weighted by molar-refractivity contribution is 6.16. The first kappa shape index (κ1) is 9.54. The highest BCUT2D eigenvalue weighted by Gasteiger charge is 2.11. The molecule has 0 aliphatic rings. The molecule has 0 radical (unpaired) electrons. The van der Waals surface area contributed by atoms with E-state index in [0.29, 0.717) is 0 Å². The molecule has 0 aliphatic heterocycles. The van der Waals surface area contributed by atoms with Crippen LogP contribution < -0.4 is 0 Å². The van der Waals surface area contributed by atoms with E-state index < -0.39 is 0 Å². The number of fused-ring (bicyclic) bond motifs is 5. The van der Waals surface area contributed by atoms with E-state index in [9.17, 15) is 5.11 Å². The van der Waals surface area contributed by atoms with Crippen LogP contribution in [0, 0.1) is 0 Å². The molecule has 18 heavy (non-hydrogen) atoms. The van der Waals surface area contributed by atoms with Crippen molar-refractivity contribution in [1.29, 1.82) is 0 Å². The Morgan fingerprint density at radius 1 is 0.778 bits per heavy atom. The number of para-hydroxylation sites is 1. The first-order valence-electron chi connectivity index (χ1n) is 5.86. The van der Waals surface area contributed by atoms with E-state index in [0.717, 1.165) is 32.7 Å². The summed E-state index contributed by atoms with van der Waals surface area (Å²) < 4.78 is 5.89. The Hall–Kier alpha value is -2.48. The summed E-state index contributed by atoms with van der Waals surface area (Å²) in [5, 5.41) is 13.9. The van der Waals surface area contributed by atoms with E-state index >= 15 is 0 Å². The lowest BCUT2D eigenvalue weighted by molar-refractivity contribution is 0.481. The van der Waals surface area contributed by atoms with Crippen molar-refractivity contribution < 1.29 is 9.52 Å². The molecule has 0 fully saturated rings. The van der Waals surface area contributed by atoms with Crippen LogP contribution in [0.5, 0.6) is 5.75 Å². The molecule has 0 saturated heterocycles. The summed E-state index contributed by atoms with van der Waals surface area (Å²) in [6.45, 7) is 0. The van der Waals surface area contributed by atoms with E-state index in [1.807, 2.05) is 48.5 Å². The molecule has 2 nitrogen and oxygen atoms in total. The number of phenolic OH excluding ortho intramolecular Hbond substituents is 1. The van der Waals surface area contributed by atoms with Crippen LogP contribution in [-0.4, -0.2) is 5.11 Å². The first-order valence-corrected chi connectivity index (χ1v) is 5.86. The Morgan fingerprint density at radius 3 is 2.61 bits per heavy atom. The molecule has 0 bridgehead atoms. The zero-order chi connectivity index (χ0) is 12.1. The fourth-order valence-electron chi connectivity index (χ4n) is 2.53. The van der Waals surface area contributed by atoms with Gasteiger partial charge in [-0.15, -0.1) is 0 Å². The van der Waals surface area contributed by atoms with Crippen LogP contribution in [0.3, 0.4) is 0 Å². The van der Waals surface area contributed by atoms with Gasteiger partial charge in [-0.25, -0.2) is 0 Å². The van der Waals surface area contributed by atoms with E-state index in [2.05, 4.69) is 0 Å². The van der Waals surface area contributed by atoms with Crippen molar-refractivity contribution in [2.75, 3.05) is 0 Å². The molecule has 0 atom stereocenters. The van der Waals surface area contributed by atoms with Crippen molar-refractivity contribution in [3.05, 3.63) is 54.6 Å². The van der Waals surface area contributed by atoms with Crippen molar-refractivity contribution in [1.82, 2.24) is 0 Å². The van der Waals surface area contributed by atoms with Gasteiger partial charge in [0.05, 0.1) is 5.39 Å². The van der Waals surface area contributed by atoms with Crippen LogP contribution in [0.4, 0.5) is 0 Å². The quantitative estimate of drug-likeness (QED) is 0.487. The average molecular weight is 234 g/mol. The summed E-state index contributed by atoms with van der Waals surface area (Å²) >= 11 is 0. The summed E-state index contributed by atoms with van der Waals surface area (Å²) in [6.07, 6.45) is 0. The van der Waals surface area contributed by atoms with Gasteiger partial charge in [-0.2, -0.15) is 0 Å². The van der Waals surface area contributed by atoms with Crippen molar-refractivity contribution in [2.24, 2.45) is 0 Å². The SMILES string of the molecule is Oc1cccc2ccc3c4ccccc4oc3c12. The highest BCUT2D eigenvalue weighted by Crippen LogP contribution is 2.37. The van der Waals surface area contributed by atoms with Gasteiger partial charge in [0.25, 0.3) is 0 Å². The molecule has 1 aromatic heterocycles. The largest absolute Gasteiger partial charge is 0.507 e. The van der Waals surface area contributed by atoms with Crippen molar-refractivity contribution in [2.45, 2.75) is 0 Å². The molecular weight excluding hydrogens is 224 g/mol. The Kier molecular flexibility index (Phi) is 1.73. The number of hydrogen-bond donors (Lipinski definition) is 1. The van der Waals surface area contributed by atoms with Gasteiger partial charge in [0.2, 0.25) is 0 Å². The minimum atomic E-state index is 0.261. The molecule has 4 aromatic rings. The smallest absolute Gasteiger partial charge is 0.146 e. The monoisotopic (exact) mass is 234 g/mol. The van der Waals surface area contributed by atoms with Gasteiger partial charge in [0.15, 0.2) is 0 Å². The third-order valence-corrected chi connectivity index (χ3v) is 3.37. The lowest BCUT2D eigenvalue weighted by Gasteiger charge is -2.00. The van der Waals surface area contributed by atoms with Gasteiger partial charge < -0.3 is 9.52 Å². The lowest BCUT2D eigenvalue weighted by Crippen LogP contribution is -1.74. The predicted molar refractivity (Wildman–Crippen MR) is 72.9 cm³/mol. The lowest BCUT2D eigenvalue weighted by atomic mass is 10.1. The third-order valence-electron chi connectivity index (χ3n) is 3.37. The van der Waals surface area contributed by atoms with E-state index in [4.69, 9.17) is 4.42 Å². The maximum atomic E-state index is 10.0. The van der Waals surface area contributed by atoms with Crippen LogP contribution in [-0.2, 0) is 0 Å². The second-order valence-corrected chi connectivity index (χ2v) is 4.42. The van der Waals surface area contributed by atoms with Crippen LogP contribution >= 0.6 is 0 Å². The Morgan fingerprint density at radius 2 is 1.67 bits per heavy atom. The number of aromatic hydroxyl groups is 1. The maximum Gasteiger partial charge on any atom is 0.146 e. The van der Waals surface area contributed by atoms with Gasteiger partial charge in [-0.3, -0.25) is 0 Å². The van der Waals surface area contributed by atoms with Gasteiger partial charge in [0.1, 0.15) is 16.9 Å². The number of furan rings is 1. The zero-order valence-corrected chi connectivity index (χ0v) is 9.55. The summed E-state index contributed by atoms with van der Waals surface area (Å²) in [4.78, 5) is 0. The number of hydrogen-bond acceptors (Lipinski definition) is 2. The van der Waals surface area contributed by atoms with Crippen molar-refractivity contribution in [3.63, 3.8) is 0 Å². The van der Waals surface area contributed by atoms with Gasteiger partial charge in [0, 0.05) is 10.8 Å². The summed E-state index contributed by atoms with van der Waals surface area (Å²) in [5.74, 6) is 0.261. The Labute approximate surface area is 103 Å². The van der Waals surface area contributed by atoms with Crippen molar-refractivity contribution >= 4 is 32.7 Å². The van der Waals surface area contributed by atoms with E-state index in [-0.39, 0.29) is 5.75 Å². The topological polar surface area (TPSA) is 33.4 Å². The van der Waals surface area contributed by atoms with Gasteiger partial charge in [-0.1, -0.05) is 36.4 Å². The fourth-order valence-corrected chi connectivity index (χ4v) is 2.53. The minimum absolute atomic E-state index is 0.261. The summed E-state index contributed by atoms with van der Waals surface area (Å²) in [7, 11) is 0. The molecular formula is C16H10O2. The zero-order valence-electron chi connectivity index (χ0n) is 9.55. The summed E-state index contributed by atoms with van der Waals surface area (Å²) in [6, 6.07) is 17.5. The predicted octanol–water partition coefficient (Wildman–Crippen LogP) is 4.44. The minimum Gasteiger partial charge on any atom is -0.507 e. The molecule has 0 spiro atoms. The average Bonchev–Trinajstić information content (AvgIpc) is 2.77.